The van der Waals surface area contributed by atoms with Gasteiger partial charge in [-0.1, -0.05) is 0 Å². The van der Waals surface area contributed by atoms with Crippen molar-refractivity contribution in [3.8, 4) is 5.75 Å². The molecule has 3 aromatic rings. The van der Waals surface area contributed by atoms with Crippen LogP contribution in [0.2, 0.25) is 0 Å². The molecule has 11 nitrogen and oxygen atoms in total. The minimum atomic E-state index is -0.259. The Morgan fingerprint density at radius 2 is 1.88 bits per heavy atom. The number of pyridine rings is 1. The van der Waals surface area contributed by atoms with E-state index in [-0.39, 0.29) is 30.8 Å². The monoisotopic (exact) mass is 559 g/mol. The van der Waals surface area contributed by atoms with Crippen LogP contribution in [-0.2, 0) is 16.1 Å². The maximum absolute atomic E-state index is 13.8. The summed E-state index contributed by atoms with van der Waals surface area (Å²) in [6.07, 6.45) is 7.49. The summed E-state index contributed by atoms with van der Waals surface area (Å²) in [6.45, 7) is 11.3. The van der Waals surface area contributed by atoms with E-state index in [4.69, 9.17) is 15.2 Å². The molecule has 0 aliphatic carbocycles. The van der Waals surface area contributed by atoms with Crippen molar-refractivity contribution in [1.29, 1.82) is 0 Å². The van der Waals surface area contributed by atoms with Crippen LogP contribution in [0.4, 0.5) is 11.8 Å². The summed E-state index contributed by atoms with van der Waals surface area (Å²) in [5.41, 5.74) is 12.1. The molecule has 216 valence electrons. The number of nitrogens with zero attached hydrogens (tertiary/aromatic N) is 5. The van der Waals surface area contributed by atoms with Gasteiger partial charge in [-0.2, -0.15) is 4.98 Å². The molecule has 41 heavy (non-hydrogen) atoms. The number of aromatic nitrogens is 4. The molecule has 0 aromatic carbocycles. The number of H-pyrrole nitrogens is 1. The summed E-state index contributed by atoms with van der Waals surface area (Å²) in [5.74, 6) is 0.865. The molecular formula is C30H37N7O4. The predicted octanol–water partition coefficient (Wildman–Crippen LogP) is 3.41. The SMILES string of the molecule is COc1c(C)cnc(CN2C(=O)/C(=C\c3[nH]c(C)c(C(=O)COCCN4CCCC4)c3C)c3cnc(N)nc32)c1C. The Morgan fingerprint density at radius 3 is 2.61 bits per heavy atom. The van der Waals surface area contributed by atoms with Crippen LogP contribution < -0.4 is 15.4 Å². The summed E-state index contributed by atoms with van der Waals surface area (Å²) < 4.78 is 11.3. The summed E-state index contributed by atoms with van der Waals surface area (Å²) in [4.78, 5) is 47.2. The molecule has 2 aliphatic heterocycles. The second-order valence-electron chi connectivity index (χ2n) is 10.6. The smallest absolute Gasteiger partial charge is 0.260 e. The van der Waals surface area contributed by atoms with Crippen LogP contribution in [0.5, 0.6) is 5.75 Å². The summed E-state index contributed by atoms with van der Waals surface area (Å²) in [5, 5.41) is 0. The number of rotatable bonds is 10. The highest BCUT2D eigenvalue weighted by molar-refractivity contribution is 6.35. The Hall–Kier alpha value is -4.09. The number of fused-ring (bicyclic) bond motifs is 1. The maximum atomic E-state index is 13.8. The molecule has 0 bridgehead atoms. The van der Waals surface area contributed by atoms with Crippen molar-refractivity contribution in [3.05, 3.63) is 57.3 Å². The molecule has 0 atom stereocenters. The first kappa shape index (κ1) is 28.4. The zero-order valence-corrected chi connectivity index (χ0v) is 24.3. The highest BCUT2D eigenvalue weighted by Gasteiger charge is 2.36. The fourth-order valence-corrected chi connectivity index (χ4v) is 5.72. The number of nitrogen functional groups attached to an aromatic ring is 1. The third-order valence-corrected chi connectivity index (χ3v) is 7.89. The molecule has 1 saturated heterocycles. The third-order valence-electron chi connectivity index (χ3n) is 7.89. The van der Waals surface area contributed by atoms with Gasteiger partial charge in [0, 0.05) is 52.6 Å². The standard InChI is InChI=1S/C30H37N7O4/c1-17-13-32-24(19(3)27(17)40-5)15-37-28-22(14-33-30(31)35-28)21(29(37)39)12-23-18(2)26(20(4)34-23)25(38)16-41-11-10-36-8-6-7-9-36/h12-14,34H,6-11,15-16H2,1-5H3,(H2,31,33,35)/b21-12-. The molecule has 0 spiro atoms. The molecule has 0 unspecified atom stereocenters. The zero-order chi connectivity index (χ0) is 29.3. The van der Waals surface area contributed by atoms with Gasteiger partial charge in [0.05, 0.1) is 31.5 Å². The van der Waals surface area contributed by atoms with Gasteiger partial charge in [-0.3, -0.25) is 19.5 Å². The van der Waals surface area contributed by atoms with Crippen molar-refractivity contribution in [2.45, 2.75) is 47.1 Å². The molecule has 0 saturated carbocycles. The van der Waals surface area contributed by atoms with Gasteiger partial charge in [0.2, 0.25) is 5.95 Å². The lowest BCUT2D eigenvalue weighted by Crippen LogP contribution is -2.27. The van der Waals surface area contributed by atoms with Crippen LogP contribution in [-0.4, -0.2) is 76.5 Å². The number of methoxy groups -OCH3 is 1. The summed E-state index contributed by atoms with van der Waals surface area (Å²) in [6, 6.07) is 0. The van der Waals surface area contributed by atoms with E-state index in [2.05, 4.69) is 24.8 Å². The Bertz CT molecular complexity index is 1520. The highest BCUT2D eigenvalue weighted by atomic mass is 16.5. The molecule has 5 heterocycles. The Morgan fingerprint density at radius 1 is 1.12 bits per heavy atom. The first-order valence-electron chi connectivity index (χ1n) is 13.9. The first-order chi connectivity index (χ1) is 19.7. The number of ether oxygens (including phenoxy) is 2. The van der Waals surface area contributed by atoms with Gasteiger partial charge in [0.25, 0.3) is 5.91 Å². The largest absolute Gasteiger partial charge is 0.496 e. The molecule has 1 fully saturated rings. The fourth-order valence-electron chi connectivity index (χ4n) is 5.72. The normalized spacial score (nSPS) is 16.2. The first-order valence-corrected chi connectivity index (χ1v) is 13.9. The molecular weight excluding hydrogens is 522 g/mol. The molecule has 3 N–H and O–H groups in total. The van der Waals surface area contributed by atoms with Gasteiger partial charge in [0.15, 0.2) is 5.78 Å². The second-order valence-corrected chi connectivity index (χ2v) is 10.6. The van der Waals surface area contributed by atoms with Gasteiger partial charge in [-0.25, -0.2) is 4.98 Å². The number of carbonyl (C=O) groups excluding carboxylic acids is 2. The van der Waals surface area contributed by atoms with E-state index >= 15 is 0 Å². The second kappa shape index (κ2) is 11.8. The van der Waals surface area contributed by atoms with Crippen molar-refractivity contribution < 1.29 is 19.1 Å². The molecule has 11 heteroatoms. The number of aromatic amines is 1. The number of amides is 1. The Balaban J connectivity index is 1.40. The van der Waals surface area contributed by atoms with Crippen LogP contribution in [0.25, 0.3) is 11.6 Å². The number of hydrogen-bond donors (Lipinski definition) is 2. The van der Waals surface area contributed by atoms with Crippen LogP contribution >= 0.6 is 0 Å². The van der Waals surface area contributed by atoms with Crippen molar-refractivity contribution in [3.63, 3.8) is 0 Å². The fraction of sp³-hybridized carbons (Fsp3) is 0.433. The number of ketones is 1. The van der Waals surface area contributed by atoms with E-state index in [0.29, 0.717) is 40.5 Å². The van der Waals surface area contributed by atoms with Gasteiger partial charge in [0.1, 0.15) is 18.2 Å². The number of likely N-dealkylation sites (tertiary alicyclic amines) is 1. The highest BCUT2D eigenvalue weighted by Crippen LogP contribution is 2.38. The zero-order valence-electron chi connectivity index (χ0n) is 24.3. The minimum Gasteiger partial charge on any atom is -0.496 e. The lowest BCUT2D eigenvalue weighted by atomic mass is 10.0. The van der Waals surface area contributed by atoms with Gasteiger partial charge in [-0.15, -0.1) is 0 Å². The maximum Gasteiger partial charge on any atom is 0.260 e. The number of anilines is 2. The van der Waals surface area contributed by atoms with E-state index in [1.165, 1.54) is 12.8 Å². The number of nitrogens with two attached hydrogens (primary N) is 1. The quantitative estimate of drug-likeness (QED) is 0.217. The predicted molar refractivity (Wildman–Crippen MR) is 157 cm³/mol. The third kappa shape index (κ3) is 5.59. The van der Waals surface area contributed by atoms with E-state index < -0.39 is 0 Å². The van der Waals surface area contributed by atoms with Crippen molar-refractivity contribution in [1.82, 2.24) is 24.8 Å². The minimum absolute atomic E-state index is 0.0123. The lowest BCUT2D eigenvalue weighted by molar-refractivity contribution is -0.113. The van der Waals surface area contributed by atoms with Crippen LogP contribution in [0.15, 0.2) is 12.4 Å². The number of Topliss-reactive ketones (excluding diaryl/α,β-unsaturated/α-hetero) is 1. The topological polar surface area (TPSA) is 140 Å². The summed E-state index contributed by atoms with van der Waals surface area (Å²) in [7, 11) is 1.62. The van der Waals surface area contributed by atoms with Crippen molar-refractivity contribution >= 4 is 35.1 Å². The summed E-state index contributed by atoms with van der Waals surface area (Å²) >= 11 is 0. The van der Waals surface area contributed by atoms with E-state index in [1.54, 1.807) is 30.5 Å². The van der Waals surface area contributed by atoms with E-state index in [0.717, 1.165) is 47.8 Å². The van der Waals surface area contributed by atoms with Gasteiger partial charge in [-0.05, 0) is 65.3 Å². The number of aryl methyl sites for hydroxylation is 2. The number of hydrogen-bond acceptors (Lipinski definition) is 9. The van der Waals surface area contributed by atoms with E-state index in [9.17, 15) is 9.59 Å². The molecule has 2 aliphatic rings. The molecule has 1 amide bonds. The molecule has 5 rings (SSSR count). The van der Waals surface area contributed by atoms with Crippen LogP contribution in [0.3, 0.4) is 0 Å². The van der Waals surface area contributed by atoms with Gasteiger partial charge >= 0.3 is 0 Å². The Kier molecular flexibility index (Phi) is 8.18. The number of carbonyl (C=O) groups is 2. The van der Waals surface area contributed by atoms with Crippen molar-refractivity contribution in [2.24, 2.45) is 0 Å². The average molecular weight is 560 g/mol. The number of nitrogens with one attached hydrogen (secondary N) is 1. The van der Waals surface area contributed by atoms with Crippen LogP contribution in [0, 0.1) is 27.7 Å². The lowest BCUT2D eigenvalue weighted by Gasteiger charge is -2.18. The van der Waals surface area contributed by atoms with Crippen LogP contribution in [0.1, 0.15) is 62.5 Å². The van der Waals surface area contributed by atoms with E-state index in [1.807, 2.05) is 27.7 Å². The average Bonchev–Trinajstić information content (AvgIpc) is 3.62. The Labute approximate surface area is 239 Å². The van der Waals surface area contributed by atoms with Gasteiger partial charge < -0.3 is 25.1 Å². The van der Waals surface area contributed by atoms with Crippen molar-refractivity contribution in [2.75, 3.05) is 50.6 Å². The molecule has 3 aromatic heterocycles. The molecule has 0 radical (unpaired) electrons.